The minimum absolute atomic E-state index is 0.0135. The molecule has 4 aromatic rings. The van der Waals surface area contributed by atoms with E-state index in [2.05, 4.69) is 9.97 Å². The molecule has 0 spiro atoms. The van der Waals surface area contributed by atoms with E-state index in [1.165, 1.54) is 4.90 Å². The number of carbonyl (C=O) groups is 2. The van der Waals surface area contributed by atoms with E-state index in [-0.39, 0.29) is 11.3 Å². The lowest BCUT2D eigenvalue weighted by Gasteiger charge is -2.25. The van der Waals surface area contributed by atoms with E-state index >= 15 is 0 Å². The largest absolute Gasteiger partial charge is 0.507 e. The maximum absolute atomic E-state index is 13.3. The number of aromatic nitrogens is 2. The molecule has 164 valence electrons. The van der Waals surface area contributed by atoms with Crippen LogP contribution < -0.4 is 9.64 Å². The number of nitrogens with zero attached hydrogens (tertiary/aromatic N) is 2. The van der Waals surface area contributed by atoms with Gasteiger partial charge in [-0.1, -0.05) is 30.3 Å². The number of aliphatic hydroxyl groups is 1. The average molecular weight is 439 g/mol. The van der Waals surface area contributed by atoms with Crippen molar-refractivity contribution in [3.63, 3.8) is 0 Å². The summed E-state index contributed by atoms with van der Waals surface area (Å²) in [7, 11) is 0. The Hall–Kier alpha value is -4.39. The second-order valence-corrected chi connectivity index (χ2v) is 7.63. The minimum Gasteiger partial charge on any atom is -0.507 e. The van der Waals surface area contributed by atoms with E-state index in [4.69, 9.17) is 4.74 Å². The van der Waals surface area contributed by atoms with Crippen molar-refractivity contribution in [3.8, 4) is 5.75 Å². The van der Waals surface area contributed by atoms with Gasteiger partial charge in [0.1, 0.15) is 11.5 Å². The number of H-pyrrole nitrogens is 1. The summed E-state index contributed by atoms with van der Waals surface area (Å²) in [5.41, 5.74) is 2.39. The van der Waals surface area contributed by atoms with Gasteiger partial charge in [0.15, 0.2) is 0 Å². The Labute approximate surface area is 190 Å². The van der Waals surface area contributed by atoms with Crippen molar-refractivity contribution >= 4 is 34.0 Å². The molecule has 0 aliphatic carbocycles. The standard InChI is InChI=1S/C26H21N3O4/c1-2-33-18-9-5-8-17(13-18)29-23(16-7-6-12-27-14-16)22(25(31)26(29)32)24(30)20-15-28-21-11-4-3-10-19(20)21/h3-15,23,28,30H,2H2,1H3/b24-22-. The van der Waals surface area contributed by atoms with Crippen LogP contribution in [0.4, 0.5) is 5.69 Å². The molecule has 1 aliphatic heterocycles. The van der Waals surface area contributed by atoms with E-state index in [9.17, 15) is 14.7 Å². The number of hydrogen-bond acceptors (Lipinski definition) is 5. The Morgan fingerprint density at radius 3 is 2.76 bits per heavy atom. The van der Waals surface area contributed by atoms with E-state index < -0.39 is 17.7 Å². The molecule has 1 fully saturated rings. The Balaban J connectivity index is 1.72. The van der Waals surface area contributed by atoms with E-state index in [1.54, 1.807) is 55.0 Å². The lowest BCUT2D eigenvalue weighted by molar-refractivity contribution is -0.132. The molecule has 33 heavy (non-hydrogen) atoms. The van der Waals surface area contributed by atoms with Gasteiger partial charge >= 0.3 is 0 Å². The van der Waals surface area contributed by atoms with Gasteiger partial charge < -0.3 is 14.8 Å². The van der Waals surface area contributed by atoms with Gasteiger partial charge in [-0.2, -0.15) is 0 Å². The number of Topliss-reactive ketones (excluding diaryl/α,β-unsaturated/α-hetero) is 1. The Bertz CT molecular complexity index is 1390. The van der Waals surface area contributed by atoms with Gasteiger partial charge in [0, 0.05) is 46.8 Å². The van der Waals surface area contributed by atoms with Gasteiger partial charge in [-0.25, -0.2) is 0 Å². The first-order valence-electron chi connectivity index (χ1n) is 10.6. The molecule has 0 saturated carbocycles. The second-order valence-electron chi connectivity index (χ2n) is 7.63. The van der Waals surface area contributed by atoms with Gasteiger partial charge in [0.2, 0.25) is 0 Å². The third-order valence-electron chi connectivity index (χ3n) is 5.70. The number of aliphatic hydroxyl groups excluding tert-OH is 1. The van der Waals surface area contributed by atoms with Crippen LogP contribution in [0.3, 0.4) is 0 Å². The van der Waals surface area contributed by atoms with Crippen LogP contribution in [-0.2, 0) is 9.59 Å². The summed E-state index contributed by atoms with van der Waals surface area (Å²) in [5, 5.41) is 12.1. The summed E-state index contributed by atoms with van der Waals surface area (Å²) in [6.07, 6.45) is 4.85. The van der Waals surface area contributed by atoms with Crippen molar-refractivity contribution in [2.75, 3.05) is 11.5 Å². The van der Waals surface area contributed by atoms with E-state index in [1.807, 2.05) is 31.2 Å². The van der Waals surface area contributed by atoms with Crippen molar-refractivity contribution in [2.45, 2.75) is 13.0 Å². The first-order chi connectivity index (χ1) is 16.1. The molecule has 2 N–H and O–H groups in total. The van der Waals surface area contributed by atoms with Crippen LogP contribution in [0.5, 0.6) is 5.75 Å². The molecule has 1 unspecified atom stereocenters. The number of pyridine rings is 1. The number of amides is 1. The number of hydrogen-bond donors (Lipinski definition) is 2. The maximum Gasteiger partial charge on any atom is 0.300 e. The summed E-state index contributed by atoms with van der Waals surface area (Å²) in [6.45, 7) is 2.34. The van der Waals surface area contributed by atoms with Gasteiger partial charge in [0.25, 0.3) is 11.7 Å². The maximum atomic E-state index is 13.3. The van der Waals surface area contributed by atoms with Crippen LogP contribution in [0, 0.1) is 0 Å². The fourth-order valence-corrected chi connectivity index (χ4v) is 4.25. The van der Waals surface area contributed by atoms with Crippen LogP contribution in [0.1, 0.15) is 24.1 Å². The Kier molecular flexibility index (Phi) is 5.14. The fourth-order valence-electron chi connectivity index (χ4n) is 4.25. The smallest absolute Gasteiger partial charge is 0.300 e. The number of rotatable bonds is 5. The summed E-state index contributed by atoms with van der Waals surface area (Å²) in [4.78, 5) is 35.2. The van der Waals surface area contributed by atoms with Crippen LogP contribution in [0.2, 0.25) is 0 Å². The SMILES string of the molecule is CCOc1cccc(N2C(=O)C(=O)/C(=C(\O)c3c[nH]c4ccccc34)C2c2cccnc2)c1. The quantitative estimate of drug-likeness (QED) is 0.269. The third-order valence-corrected chi connectivity index (χ3v) is 5.70. The number of fused-ring (bicyclic) bond motifs is 1. The molecule has 1 saturated heterocycles. The molecular formula is C26H21N3O4. The van der Waals surface area contributed by atoms with Gasteiger partial charge in [-0.05, 0) is 36.8 Å². The van der Waals surface area contributed by atoms with Crippen molar-refractivity contribution in [1.82, 2.24) is 9.97 Å². The number of anilines is 1. The molecule has 3 heterocycles. The highest BCUT2D eigenvalue weighted by atomic mass is 16.5. The zero-order chi connectivity index (χ0) is 22.9. The number of ketones is 1. The molecular weight excluding hydrogens is 418 g/mol. The molecule has 7 nitrogen and oxygen atoms in total. The molecule has 1 aliphatic rings. The van der Waals surface area contributed by atoms with Crippen LogP contribution >= 0.6 is 0 Å². The molecule has 7 heteroatoms. The summed E-state index contributed by atoms with van der Waals surface area (Å²) in [5.74, 6) is -1.13. The highest BCUT2D eigenvalue weighted by Gasteiger charge is 2.47. The lowest BCUT2D eigenvalue weighted by atomic mass is 9.96. The van der Waals surface area contributed by atoms with Crippen molar-refractivity contribution in [3.05, 3.63) is 96.0 Å². The summed E-state index contributed by atoms with van der Waals surface area (Å²) in [6, 6.07) is 17.1. The lowest BCUT2D eigenvalue weighted by Crippen LogP contribution is -2.29. The minimum atomic E-state index is -0.843. The Morgan fingerprint density at radius 1 is 1.12 bits per heavy atom. The van der Waals surface area contributed by atoms with Crippen LogP contribution in [0.15, 0.2) is 84.8 Å². The third kappa shape index (κ3) is 3.43. The van der Waals surface area contributed by atoms with Gasteiger partial charge in [-0.15, -0.1) is 0 Å². The molecule has 0 bridgehead atoms. The topological polar surface area (TPSA) is 95.5 Å². The molecule has 0 radical (unpaired) electrons. The number of carbonyl (C=O) groups excluding carboxylic acids is 2. The monoisotopic (exact) mass is 439 g/mol. The highest BCUT2D eigenvalue weighted by molar-refractivity contribution is 6.51. The zero-order valence-electron chi connectivity index (χ0n) is 17.9. The average Bonchev–Trinajstić information content (AvgIpc) is 3.39. The summed E-state index contributed by atoms with van der Waals surface area (Å²) >= 11 is 0. The molecule has 1 amide bonds. The predicted octanol–water partition coefficient (Wildman–Crippen LogP) is 4.59. The number of benzene rings is 2. The number of ether oxygens (including phenoxy) is 1. The second kappa shape index (κ2) is 8.27. The van der Waals surface area contributed by atoms with Gasteiger partial charge in [0.05, 0.1) is 18.2 Å². The highest BCUT2D eigenvalue weighted by Crippen LogP contribution is 2.43. The molecule has 5 rings (SSSR count). The van der Waals surface area contributed by atoms with Crippen LogP contribution in [-0.4, -0.2) is 33.4 Å². The van der Waals surface area contributed by atoms with Crippen molar-refractivity contribution in [1.29, 1.82) is 0 Å². The fraction of sp³-hybridized carbons (Fsp3) is 0.115. The number of para-hydroxylation sites is 1. The Morgan fingerprint density at radius 2 is 1.97 bits per heavy atom. The van der Waals surface area contributed by atoms with Crippen molar-refractivity contribution in [2.24, 2.45) is 0 Å². The first kappa shape index (κ1) is 20.5. The number of aromatic amines is 1. The number of nitrogens with one attached hydrogen (secondary N) is 1. The molecule has 2 aromatic heterocycles. The van der Waals surface area contributed by atoms with Crippen LogP contribution in [0.25, 0.3) is 16.7 Å². The zero-order valence-corrected chi connectivity index (χ0v) is 17.9. The first-order valence-corrected chi connectivity index (χ1v) is 10.6. The molecule has 2 aromatic carbocycles. The van der Waals surface area contributed by atoms with E-state index in [0.717, 1.165) is 10.9 Å². The predicted molar refractivity (Wildman–Crippen MR) is 125 cm³/mol. The normalized spacial score (nSPS) is 17.6. The van der Waals surface area contributed by atoms with Crippen molar-refractivity contribution < 1.29 is 19.4 Å². The summed E-state index contributed by atoms with van der Waals surface area (Å²) < 4.78 is 5.59. The van der Waals surface area contributed by atoms with E-state index in [0.29, 0.717) is 29.2 Å². The van der Waals surface area contributed by atoms with Gasteiger partial charge in [-0.3, -0.25) is 19.5 Å². The molecule has 1 atom stereocenters.